The number of benzene rings is 1. The van der Waals surface area contributed by atoms with E-state index >= 15 is 0 Å². The third-order valence-electron chi connectivity index (χ3n) is 3.61. The Balaban J connectivity index is 1.88. The lowest BCUT2D eigenvalue weighted by Gasteiger charge is -2.10. The first-order chi connectivity index (χ1) is 12.1. The predicted molar refractivity (Wildman–Crippen MR) is 97.9 cm³/mol. The second-order valence-electron chi connectivity index (χ2n) is 6.04. The minimum absolute atomic E-state index is 0.0237. The fraction of sp³-hybridized carbons (Fsp3) is 0.250. The Morgan fingerprint density at radius 3 is 2.54 bits per heavy atom. The van der Waals surface area contributed by atoms with Crippen LogP contribution in [0.5, 0.6) is 0 Å². The lowest BCUT2D eigenvalue weighted by Crippen LogP contribution is -2.15. The van der Waals surface area contributed by atoms with Gasteiger partial charge in [-0.1, -0.05) is 6.07 Å². The summed E-state index contributed by atoms with van der Waals surface area (Å²) in [4.78, 5) is 20.8. The van der Waals surface area contributed by atoms with E-state index in [1.807, 2.05) is 19.9 Å². The molecular weight excluding hydrogens is 356 g/mol. The molecule has 26 heavy (non-hydrogen) atoms. The summed E-state index contributed by atoms with van der Waals surface area (Å²) in [6.45, 7) is 5.45. The molecule has 9 nitrogen and oxygen atoms in total. The van der Waals surface area contributed by atoms with Crippen LogP contribution < -0.4 is 10.0 Å². The number of amides is 1. The average molecular weight is 374 g/mol. The van der Waals surface area contributed by atoms with E-state index in [4.69, 9.17) is 0 Å². The summed E-state index contributed by atoms with van der Waals surface area (Å²) in [6.07, 6.45) is 1.07. The first kappa shape index (κ1) is 17.8. The van der Waals surface area contributed by atoms with Crippen LogP contribution in [0.3, 0.4) is 0 Å². The van der Waals surface area contributed by atoms with Crippen LogP contribution in [0.2, 0.25) is 0 Å². The molecule has 0 radical (unpaired) electrons. The summed E-state index contributed by atoms with van der Waals surface area (Å²) in [7, 11) is -3.42. The summed E-state index contributed by atoms with van der Waals surface area (Å²) in [6, 6.07) is 6.75. The number of hydrogen-bond donors (Lipinski definition) is 2. The summed E-state index contributed by atoms with van der Waals surface area (Å²) in [5.74, 6) is -0.193. The molecule has 1 aromatic carbocycles. The van der Waals surface area contributed by atoms with E-state index in [0.717, 1.165) is 23.2 Å². The van der Waals surface area contributed by atoms with Crippen LogP contribution in [0.4, 0.5) is 11.4 Å². The molecule has 2 N–H and O–H groups in total. The largest absolute Gasteiger partial charge is 0.319 e. The number of carbonyl (C=O) groups excluding carboxylic acids is 1. The van der Waals surface area contributed by atoms with Crippen molar-refractivity contribution in [3.8, 4) is 0 Å². The van der Waals surface area contributed by atoms with Crippen LogP contribution in [-0.2, 0) is 10.0 Å². The first-order valence-corrected chi connectivity index (χ1v) is 9.62. The fourth-order valence-corrected chi connectivity index (χ4v) is 3.08. The standard InChI is InChI=1S/C16H18N6O3S/c1-9-5-6-12(8-13(9)21-26(4,24)25)18-15(23)14-19-16-17-10(2)7-11(3)22(16)20-14/h5-8,21H,1-4H3,(H,18,23). The van der Waals surface area contributed by atoms with E-state index in [-0.39, 0.29) is 5.82 Å². The predicted octanol–water partition coefficient (Wildman–Crippen LogP) is 1.67. The molecule has 0 atom stereocenters. The van der Waals surface area contributed by atoms with Crippen molar-refractivity contribution in [3.63, 3.8) is 0 Å². The smallest absolute Gasteiger partial charge is 0.295 e. The highest BCUT2D eigenvalue weighted by atomic mass is 32.2. The van der Waals surface area contributed by atoms with E-state index in [9.17, 15) is 13.2 Å². The molecule has 0 spiro atoms. The van der Waals surface area contributed by atoms with Crippen molar-refractivity contribution < 1.29 is 13.2 Å². The van der Waals surface area contributed by atoms with Gasteiger partial charge in [-0.2, -0.15) is 4.98 Å². The molecule has 0 bridgehead atoms. The molecule has 10 heteroatoms. The molecule has 0 aliphatic rings. The monoisotopic (exact) mass is 374 g/mol. The van der Waals surface area contributed by atoms with Crippen molar-refractivity contribution in [2.75, 3.05) is 16.3 Å². The number of fused-ring (bicyclic) bond motifs is 1. The van der Waals surface area contributed by atoms with Crippen molar-refractivity contribution >= 4 is 33.1 Å². The molecule has 3 aromatic rings. The minimum Gasteiger partial charge on any atom is -0.319 e. The summed E-state index contributed by atoms with van der Waals surface area (Å²) in [5.41, 5.74) is 3.14. The molecule has 0 saturated heterocycles. The van der Waals surface area contributed by atoms with Gasteiger partial charge in [-0.3, -0.25) is 9.52 Å². The Bertz CT molecular complexity index is 1120. The number of nitrogens with one attached hydrogen (secondary N) is 2. The van der Waals surface area contributed by atoms with Gasteiger partial charge in [0.25, 0.3) is 11.7 Å². The highest BCUT2D eigenvalue weighted by Crippen LogP contribution is 2.21. The quantitative estimate of drug-likeness (QED) is 0.717. The fourth-order valence-electron chi connectivity index (χ4n) is 2.46. The van der Waals surface area contributed by atoms with Crippen molar-refractivity contribution in [2.45, 2.75) is 20.8 Å². The lowest BCUT2D eigenvalue weighted by molar-refractivity contribution is 0.101. The van der Waals surface area contributed by atoms with Crippen molar-refractivity contribution in [1.29, 1.82) is 0 Å². The SMILES string of the molecule is Cc1cc(C)n2nc(C(=O)Nc3ccc(C)c(NS(C)(=O)=O)c3)nc2n1. The van der Waals surface area contributed by atoms with Crippen molar-refractivity contribution in [2.24, 2.45) is 0 Å². The maximum Gasteiger partial charge on any atom is 0.295 e. The zero-order valence-electron chi connectivity index (χ0n) is 14.7. The van der Waals surface area contributed by atoms with E-state index in [1.165, 1.54) is 10.6 Å². The minimum atomic E-state index is -3.42. The maximum atomic E-state index is 12.4. The molecule has 0 unspecified atom stereocenters. The molecule has 136 valence electrons. The number of nitrogens with zero attached hydrogens (tertiary/aromatic N) is 4. The molecule has 3 rings (SSSR count). The Morgan fingerprint density at radius 2 is 1.85 bits per heavy atom. The molecule has 0 fully saturated rings. The van der Waals surface area contributed by atoms with Crippen LogP contribution in [0.1, 0.15) is 27.6 Å². The first-order valence-electron chi connectivity index (χ1n) is 7.73. The van der Waals surface area contributed by atoms with Gasteiger partial charge >= 0.3 is 0 Å². The van der Waals surface area contributed by atoms with Gasteiger partial charge < -0.3 is 5.32 Å². The van der Waals surface area contributed by atoms with Gasteiger partial charge in [-0.05, 0) is 44.5 Å². The normalized spacial score (nSPS) is 11.5. The van der Waals surface area contributed by atoms with Crippen molar-refractivity contribution in [3.05, 3.63) is 47.0 Å². The van der Waals surface area contributed by atoms with E-state index in [2.05, 4.69) is 25.1 Å². The van der Waals surface area contributed by atoms with Gasteiger partial charge in [0.05, 0.1) is 11.9 Å². The second kappa shape index (κ2) is 6.37. The van der Waals surface area contributed by atoms with Gasteiger partial charge in [0.15, 0.2) is 0 Å². The van der Waals surface area contributed by atoms with E-state index in [0.29, 0.717) is 17.2 Å². The van der Waals surface area contributed by atoms with E-state index in [1.54, 1.807) is 19.1 Å². The number of sulfonamides is 1. The zero-order chi connectivity index (χ0) is 19.1. The van der Waals surface area contributed by atoms with E-state index < -0.39 is 15.9 Å². The van der Waals surface area contributed by atoms with Crippen LogP contribution in [-0.4, -0.2) is 40.2 Å². The molecule has 1 amide bonds. The summed E-state index contributed by atoms with van der Waals surface area (Å²) < 4.78 is 26.8. The molecular formula is C16H18N6O3S. The van der Waals surface area contributed by atoms with Crippen molar-refractivity contribution in [1.82, 2.24) is 19.6 Å². The second-order valence-corrected chi connectivity index (χ2v) is 7.79. The Morgan fingerprint density at radius 1 is 1.12 bits per heavy atom. The molecule has 0 aliphatic heterocycles. The number of rotatable bonds is 4. The molecule has 2 aromatic heterocycles. The molecule has 0 aliphatic carbocycles. The average Bonchev–Trinajstić information content (AvgIpc) is 2.93. The Kier molecular flexibility index (Phi) is 4.36. The van der Waals surface area contributed by atoms with Gasteiger partial charge in [-0.15, -0.1) is 5.10 Å². The zero-order valence-corrected chi connectivity index (χ0v) is 15.5. The van der Waals surface area contributed by atoms with Gasteiger partial charge in [0, 0.05) is 17.1 Å². The summed E-state index contributed by atoms with van der Waals surface area (Å²) >= 11 is 0. The lowest BCUT2D eigenvalue weighted by atomic mass is 10.2. The Labute approximate surface area is 150 Å². The number of carbonyl (C=O) groups is 1. The number of aryl methyl sites for hydroxylation is 3. The molecule has 2 heterocycles. The van der Waals surface area contributed by atoms with Gasteiger partial charge in [-0.25, -0.2) is 17.9 Å². The summed E-state index contributed by atoms with van der Waals surface area (Å²) in [5, 5.41) is 6.84. The van der Waals surface area contributed by atoms with Crippen LogP contribution >= 0.6 is 0 Å². The van der Waals surface area contributed by atoms with Crippen LogP contribution in [0, 0.1) is 20.8 Å². The number of hydrogen-bond acceptors (Lipinski definition) is 6. The third-order valence-corrected chi connectivity index (χ3v) is 4.20. The topological polar surface area (TPSA) is 118 Å². The Hall–Kier alpha value is -3.01. The van der Waals surface area contributed by atoms with Crippen LogP contribution in [0.15, 0.2) is 24.3 Å². The van der Waals surface area contributed by atoms with Gasteiger partial charge in [0.2, 0.25) is 15.8 Å². The highest BCUT2D eigenvalue weighted by Gasteiger charge is 2.16. The number of anilines is 2. The van der Waals surface area contributed by atoms with Crippen LogP contribution in [0.25, 0.3) is 5.78 Å². The number of aromatic nitrogens is 4. The third kappa shape index (κ3) is 3.80. The maximum absolute atomic E-state index is 12.4. The molecule has 0 saturated carbocycles. The van der Waals surface area contributed by atoms with Gasteiger partial charge in [0.1, 0.15) is 0 Å². The highest BCUT2D eigenvalue weighted by molar-refractivity contribution is 7.92.